The van der Waals surface area contributed by atoms with Gasteiger partial charge < -0.3 is 19.1 Å². The van der Waals surface area contributed by atoms with Crippen molar-refractivity contribution in [1.29, 1.82) is 0 Å². The molecule has 2 aliphatic rings. The van der Waals surface area contributed by atoms with Crippen LogP contribution in [0.3, 0.4) is 0 Å². The molecule has 0 saturated carbocycles. The van der Waals surface area contributed by atoms with Gasteiger partial charge in [0.25, 0.3) is 5.91 Å². The quantitative estimate of drug-likeness (QED) is 0.851. The van der Waals surface area contributed by atoms with Gasteiger partial charge in [0.05, 0.1) is 13.2 Å². The monoisotopic (exact) mass is 325 g/mol. The molecule has 4 rings (SSSR count). The van der Waals surface area contributed by atoms with Crippen LogP contribution in [0.25, 0.3) is 0 Å². The largest absolute Gasteiger partial charge is 0.485 e. The second kappa shape index (κ2) is 6.53. The minimum absolute atomic E-state index is 0.0475. The van der Waals surface area contributed by atoms with E-state index < -0.39 is 6.10 Å². The van der Waals surface area contributed by atoms with Crippen molar-refractivity contribution in [3.05, 3.63) is 60.2 Å². The summed E-state index contributed by atoms with van der Waals surface area (Å²) >= 11 is 0. The maximum atomic E-state index is 12.8. The Morgan fingerprint density at radius 3 is 2.58 bits per heavy atom. The molecule has 0 radical (unpaired) electrons. The first-order valence-electron chi connectivity index (χ1n) is 8.15. The summed E-state index contributed by atoms with van der Waals surface area (Å²) in [7, 11) is 0. The number of carbonyl (C=O) groups excluding carboxylic acids is 1. The molecule has 2 aromatic carbocycles. The molecule has 2 aromatic rings. The molecular formula is C19H19NO4. The van der Waals surface area contributed by atoms with E-state index in [1.807, 2.05) is 59.5 Å². The zero-order chi connectivity index (χ0) is 16.4. The number of morpholine rings is 1. The molecule has 124 valence electrons. The molecule has 0 bridgehead atoms. The summed E-state index contributed by atoms with van der Waals surface area (Å²) in [5, 5.41) is 0. The third kappa shape index (κ3) is 2.95. The lowest BCUT2D eigenvalue weighted by Gasteiger charge is -2.36. The first-order chi connectivity index (χ1) is 11.8. The van der Waals surface area contributed by atoms with Crippen LogP contribution >= 0.6 is 0 Å². The zero-order valence-corrected chi connectivity index (χ0v) is 13.3. The Morgan fingerprint density at radius 1 is 1.00 bits per heavy atom. The van der Waals surface area contributed by atoms with Gasteiger partial charge in [0, 0.05) is 6.54 Å². The number of fused-ring (bicyclic) bond motifs is 1. The average molecular weight is 325 g/mol. The smallest absolute Gasteiger partial charge is 0.267 e. The highest BCUT2D eigenvalue weighted by molar-refractivity contribution is 5.82. The Bertz CT molecular complexity index is 718. The summed E-state index contributed by atoms with van der Waals surface area (Å²) in [4.78, 5) is 14.6. The summed E-state index contributed by atoms with van der Waals surface area (Å²) in [6, 6.07) is 17.4. The van der Waals surface area contributed by atoms with E-state index in [1.165, 1.54) is 0 Å². The van der Waals surface area contributed by atoms with Crippen molar-refractivity contribution in [3.63, 3.8) is 0 Å². The Hall–Kier alpha value is -2.53. The predicted octanol–water partition coefficient (Wildman–Crippen LogP) is 2.43. The number of nitrogens with zero attached hydrogens (tertiary/aromatic N) is 1. The molecule has 0 N–H and O–H groups in total. The van der Waals surface area contributed by atoms with Crippen LogP contribution < -0.4 is 9.47 Å². The summed E-state index contributed by atoms with van der Waals surface area (Å²) in [6.07, 6.45) is -0.699. The molecule has 5 heteroatoms. The van der Waals surface area contributed by atoms with Crippen molar-refractivity contribution in [3.8, 4) is 11.5 Å². The van der Waals surface area contributed by atoms with Crippen molar-refractivity contribution in [1.82, 2.24) is 4.90 Å². The Morgan fingerprint density at radius 2 is 1.75 bits per heavy atom. The fourth-order valence-electron chi connectivity index (χ4n) is 3.06. The van der Waals surface area contributed by atoms with Gasteiger partial charge in [-0.3, -0.25) is 4.79 Å². The lowest BCUT2D eigenvalue weighted by Crippen LogP contribution is -2.50. The molecule has 1 fully saturated rings. The summed E-state index contributed by atoms with van der Waals surface area (Å²) in [6.45, 7) is 1.87. The number of hydrogen-bond donors (Lipinski definition) is 0. The zero-order valence-electron chi connectivity index (χ0n) is 13.3. The Balaban J connectivity index is 1.45. The molecule has 2 unspecified atom stereocenters. The van der Waals surface area contributed by atoms with Crippen molar-refractivity contribution in [2.45, 2.75) is 12.2 Å². The van der Waals surface area contributed by atoms with Crippen molar-refractivity contribution >= 4 is 5.91 Å². The fourth-order valence-corrected chi connectivity index (χ4v) is 3.06. The second-order valence-corrected chi connectivity index (χ2v) is 5.92. The van der Waals surface area contributed by atoms with Crippen molar-refractivity contribution < 1.29 is 19.0 Å². The minimum Gasteiger partial charge on any atom is -0.485 e. The van der Waals surface area contributed by atoms with Gasteiger partial charge in [-0.15, -0.1) is 0 Å². The van der Waals surface area contributed by atoms with Crippen LogP contribution in [0, 0.1) is 0 Å². The third-order valence-corrected chi connectivity index (χ3v) is 4.33. The lowest BCUT2D eigenvalue weighted by atomic mass is 10.1. The SMILES string of the molecule is O=C(C1COc2ccccc2O1)N1CCOC(c2ccccc2)C1. The Kier molecular flexibility index (Phi) is 4.09. The van der Waals surface area contributed by atoms with Crippen LogP contribution in [0.1, 0.15) is 11.7 Å². The van der Waals surface area contributed by atoms with Crippen LogP contribution in [0.4, 0.5) is 0 Å². The second-order valence-electron chi connectivity index (χ2n) is 5.92. The van der Waals surface area contributed by atoms with E-state index >= 15 is 0 Å². The van der Waals surface area contributed by atoms with Crippen LogP contribution in [0.5, 0.6) is 11.5 Å². The molecule has 0 spiro atoms. The van der Waals surface area contributed by atoms with Crippen LogP contribution in [0.15, 0.2) is 54.6 Å². The summed E-state index contributed by atoms with van der Waals surface area (Å²) in [5.41, 5.74) is 1.08. The minimum atomic E-state index is -0.602. The average Bonchev–Trinajstić information content (AvgIpc) is 2.68. The van der Waals surface area contributed by atoms with Gasteiger partial charge in [0.1, 0.15) is 12.7 Å². The van der Waals surface area contributed by atoms with Gasteiger partial charge in [0.2, 0.25) is 6.10 Å². The van der Waals surface area contributed by atoms with E-state index in [9.17, 15) is 4.79 Å². The number of carbonyl (C=O) groups is 1. The highest BCUT2D eigenvalue weighted by Crippen LogP contribution is 2.32. The molecule has 1 saturated heterocycles. The lowest BCUT2D eigenvalue weighted by molar-refractivity contribution is -0.148. The normalized spacial score (nSPS) is 22.9. The van der Waals surface area contributed by atoms with E-state index in [0.29, 0.717) is 31.2 Å². The topological polar surface area (TPSA) is 48.0 Å². The standard InChI is InChI=1S/C19H19NO4/c21-19(18-13-23-15-8-4-5-9-16(15)24-18)20-10-11-22-17(12-20)14-6-2-1-3-7-14/h1-9,17-18H,10-13H2. The molecule has 5 nitrogen and oxygen atoms in total. The van der Waals surface area contributed by atoms with E-state index in [-0.39, 0.29) is 18.6 Å². The maximum Gasteiger partial charge on any atom is 0.267 e. The number of benzene rings is 2. The molecule has 0 aliphatic carbocycles. The van der Waals surface area contributed by atoms with Crippen LogP contribution in [-0.4, -0.2) is 43.2 Å². The highest BCUT2D eigenvalue weighted by Gasteiger charge is 2.34. The van der Waals surface area contributed by atoms with E-state index in [1.54, 1.807) is 0 Å². The summed E-state index contributed by atoms with van der Waals surface area (Å²) < 4.78 is 17.3. The number of amides is 1. The molecule has 1 amide bonds. The van der Waals surface area contributed by atoms with Crippen molar-refractivity contribution in [2.24, 2.45) is 0 Å². The van der Waals surface area contributed by atoms with Crippen molar-refractivity contribution in [2.75, 3.05) is 26.3 Å². The third-order valence-electron chi connectivity index (χ3n) is 4.33. The first kappa shape index (κ1) is 15.0. The van der Waals surface area contributed by atoms with Gasteiger partial charge in [-0.05, 0) is 17.7 Å². The van der Waals surface area contributed by atoms with Gasteiger partial charge in [0.15, 0.2) is 11.5 Å². The molecule has 2 heterocycles. The molecule has 0 aromatic heterocycles. The van der Waals surface area contributed by atoms with Gasteiger partial charge >= 0.3 is 0 Å². The van der Waals surface area contributed by atoms with Crippen LogP contribution in [-0.2, 0) is 9.53 Å². The van der Waals surface area contributed by atoms with Crippen LogP contribution in [0.2, 0.25) is 0 Å². The van der Waals surface area contributed by atoms with Gasteiger partial charge in [-0.25, -0.2) is 0 Å². The highest BCUT2D eigenvalue weighted by atomic mass is 16.6. The summed E-state index contributed by atoms with van der Waals surface area (Å²) in [5.74, 6) is 1.26. The van der Waals surface area contributed by atoms with Gasteiger partial charge in [-0.2, -0.15) is 0 Å². The Labute approximate surface area is 140 Å². The molecule has 24 heavy (non-hydrogen) atoms. The number of ether oxygens (including phenoxy) is 3. The number of para-hydroxylation sites is 2. The number of hydrogen-bond acceptors (Lipinski definition) is 4. The predicted molar refractivity (Wildman–Crippen MR) is 88.1 cm³/mol. The fraction of sp³-hybridized carbons (Fsp3) is 0.316. The molecule has 2 atom stereocenters. The van der Waals surface area contributed by atoms with Gasteiger partial charge in [-0.1, -0.05) is 42.5 Å². The van der Waals surface area contributed by atoms with E-state index in [4.69, 9.17) is 14.2 Å². The van der Waals surface area contributed by atoms with E-state index in [0.717, 1.165) is 5.56 Å². The maximum absolute atomic E-state index is 12.8. The number of rotatable bonds is 2. The van der Waals surface area contributed by atoms with E-state index in [2.05, 4.69) is 0 Å². The first-order valence-corrected chi connectivity index (χ1v) is 8.15. The molecule has 2 aliphatic heterocycles. The molecular weight excluding hydrogens is 306 g/mol.